The van der Waals surface area contributed by atoms with Crippen molar-refractivity contribution < 1.29 is 48.0 Å². The summed E-state index contributed by atoms with van der Waals surface area (Å²) in [4.78, 5) is -0.678. The summed E-state index contributed by atoms with van der Waals surface area (Å²) in [5, 5.41) is 78.6. The molecule has 0 heterocycles. The summed E-state index contributed by atoms with van der Waals surface area (Å²) in [5.41, 5.74) is 11.9. The number of aromatic hydroxyl groups is 4. The van der Waals surface area contributed by atoms with Crippen molar-refractivity contribution in [2.45, 2.75) is 16.7 Å². The number of fused-ring (bicyclic) bond motifs is 1. The maximum atomic E-state index is 12.2. The Balaban J connectivity index is 1.65. The van der Waals surface area contributed by atoms with Gasteiger partial charge in [0, 0.05) is 17.8 Å². The van der Waals surface area contributed by atoms with Crippen LogP contribution in [-0.4, -0.2) is 38.7 Å². The molecule has 5 aromatic carbocycles. The van der Waals surface area contributed by atoms with E-state index in [1.165, 1.54) is 18.2 Å². The highest BCUT2D eigenvalue weighted by molar-refractivity contribution is 7.94. The fourth-order valence-electron chi connectivity index (χ4n) is 4.32. The van der Waals surface area contributed by atoms with Crippen LogP contribution in [0.15, 0.2) is 107 Å². The molecule has 0 amide bonds. The van der Waals surface area contributed by atoms with Crippen LogP contribution >= 0.6 is 12.0 Å². The number of azo groups is 3. The number of phenolic OH excluding ortho intramolecular Hbond substituents is 4. The van der Waals surface area contributed by atoms with Gasteiger partial charge in [0.15, 0.2) is 11.5 Å². The lowest BCUT2D eigenvalue weighted by molar-refractivity contribution is -0.432. The van der Waals surface area contributed by atoms with Crippen LogP contribution in [0.25, 0.3) is 10.8 Å². The van der Waals surface area contributed by atoms with E-state index in [1.807, 2.05) is 0 Å². The molecule has 0 radical (unpaired) electrons. The number of hydrogen-bond donors (Lipinski definition) is 8. The Morgan fingerprint density at radius 3 is 1.98 bits per heavy atom. The second-order valence-corrected chi connectivity index (χ2v) is 12.2. The number of nitrogens with zero attached hydrogens (tertiary/aromatic N) is 6. The van der Waals surface area contributed by atoms with E-state index in [9.17, 15) is 33.4 Å². The molecule has 10 N–H and O–H groups in total. The largest absolute Gasteiger partial charge is 0.505 e. The summed E-state index contributed by atoms with van der Waals surface area (Å²) in [6.45, 7) is 1.71. The van der Waals surface area contributed by atoms with Crippen molar-refractivity contribution in [2.24, 2.45) is 30.7 Å². The minimum atomic E-state index is -4.84. The average molecular weight is 709 g/mol. The second kappa shape index (κ2) is 14.1. The molecule has 252 valence electrons. The zero-order chi connectivity index (χ0) is 35.5. The molecule has 0 saturated carbocycles. The van der Waals surface area contributed by atoms with E-state index in [0.717, 1.165) is 24.3 Å². The molecule has 0 atom stereocenters. The molecule has 0 spiro atoms. The molecule has 0 unspecified atom stereocenters. The van der Waals surface area contributed by atoms with Crippen LogP contribution in [0.3, 0.4) is 0 Å². The third-order valence-electron chi connectivity index (χ3n) is 6.58. The molecule has 0 fully saturated rings. The van der Waals surface area contributed by atoms with Gasteiger partial charge in [-0.05, 0) is 72.5 Å². The maximum Gasteiger partial charge on any atom is 0.294 e. The molecular formula is C29H24N8O10S2. The van der Waals surface area contributed by atoms with Crippen LogP contribution in [-0.2, 0) is 19.5 Å². The first kappa shape index (κ1) is 34.4. The Hall–Kier alpha value is -5.90. The summed E-state index contributed by atoms with van der Waals surface area (Å²) < 4.78 is 38.7. The van der Waals surface area contributed by atoms with Crippen molar-refractivity contribution in [3.63, 3.8) is 0 Å². The van der Waals surface area contributed by atoms with Gasteiger partial charge in [-0.25, -0.2) is 5.26 Å². The lowest BCUT2D eigenvalue weighted by Crippen LogP contribution is -1.98. The molecule has 0 aromatic heterocycles. The number of rotatable bonds is 10. The lowest BCUT2D eigenvalue weighted by atomic mass is 10.1. The molecule has 18 nitrogen and oxygen atoms in total. The van der Waals surface area contributed by atoms with Gasteiger partial charge < -0.3 is 31.9 Å². The number of nitrogens with two attached hydrogens (primary N) is 2. The maximum absolute atomic E-state index is 12.2. The molecule has 20 heteroatoms. The normalized spacial score (nSPS) is 12.2. The average Bonchev–Trinajstić information content (AvgIpc) is 3.04. The van der Waals surface area contributed by atoms with Crippen molar-refractivity contribution in [1.82, 2.24) is 0 Å². The minimum Gasteiger partial charge on any atom is -0.505 e. The number of anilines is 2. The van der Waals surface area contributed by atoms with Gasteiger partial charge in [-0.15, -0.1) is 29.9 Å². The standard InChI is InChI=1S/C29H24N8O10S2/c1-13-6-18(31)28(40)22(7-13)36-34-20-11-19(23(38)12-24(20)39)33-35-21-10-17(49(43,44)45)8-14-9-25(48-47-46-42)27(29(41)26(14)21)37-32-16-4-2-15(30)3-5-16/h2-12,38-42H,30-31H2,1H3,(H,43,44,45). The zero-order valence-electron chi connectivity index (χ0n) is 24.8. The van der Waals surface area contributed by atoms with E-state index in [1.54, 1.807) is 31.2 Å². The summed E-state index contributed by atoms with van der Waals surface area (Å²) >= 11 is 0.383. The van der Waals surface area contributed by atoms with Gasteiger partial charge in [-0.3, -0.25) is 4.55 Å². The van der Waals surface area contributed by atoms with Gasteiger partial charge in [0.25, 0.3) is 10.1 Å². The van der Waals surface area contributed by atoms with E-state index in [4.69, 9.17) is 16.7 Å². The first-order chi connectivity index (χ1) is 23.2. The fraction of sp³-hybridized carbons (Fsp3) is 0.0345. The summed E-state index contributed by atoms with van der Waals surface area (Å²) in [6, 6.07) is 14.4. The van der Waals surface area contributed by atoms with E-state index in [-0.39, 0.29) is 55.5 Å². The van der Waals surface area contributed by atoms with E-state index >= 15 is 0 Å². The van der Waals surface area contributed by atoms with E-state index in [2.05, 4.69) is 40.1 Å². The van der Waals surface area contributed by atoms with Crippen molar-refractivity contribution in [2.75, 3.05) is 11.5 Å². The molecule has 5 rings (SSSR count). The quantitative estimate of drug-likeness (QED) is 0.0130. The zero-order valence-corrected chi connectivity index (χ0v) is 26.5. The molecule has 49 heavy (non-hydrogen) atoms. The predicted molar refractivity (Wildman–Crippen MR) is 176 cm³/mol. The summed E-state index contributed by atoms with van der Waals surface area (Å²) in [6.07, 6.45) is 0. The van der Waals surface area contributed by atoms with Gasteiger partial charge in [0.2, 0.25) is 0 Å². The van der Waals surface area contributed by atoms with Crippen LogP contribution in [0, 0.1) is 6.92 Å². The fourth-order valence-corrected chi connectivity index (χ4v) is 5.35. The Morgan fingerprint density at radius 1 is 0.714 bits per heavy atom. The smallest absolute Gasteiger partial charge is 0.294 e. The topological polar surface area (TPSA) is 300 Å². The van der Waals surface area contributed by atoms with E-state index in [0.29, 0.717) is 29.0 Å². The van der Waals surface area contributed by atoms with Gasteiger partial charge >= 0.3 is 0 Å². The third-order valence-corrected chi connectivity index (χ3v) is 8.03. The van der Waals surface area contributed by atoms with Crippen molar-refractivity contribution in [1.29, 1.82) is 0 Å². The van der Waals surface area contributed by atoms with Crippen molar-refractivity contribution in [3.05, 3.63) is 72.3 Å². The van der Waals surface area contributed by atoms with Crippen LogP contribution in [0.5, 0.6) is 23.0 Å². The number of benzene rings is 5. The second-order valence-electron chi connectivity index (χ2n) is 10.1. The van der Waals surface area contributed by atoms with Gasteiger partial charge in [-0.1, -0.05) is 5.04 Å². The lowest BCUT2D eigenvalue weighted by Gasteiger charge is -2.12. The van der Waals surface area contributed by atoms with Crippen LogP contribution in [0.1, 0.15) is 5.56 Å². The molecule has 0 aliphatic carbocycles. The molecular weight excluding hydrogens is 684 g/mol. The number of aryl methyl sites for hydroxylation is 1. The molecule has 0 saturated heterocycles. The Bertz CT molecular complexity index is 2280. The van der Waals surface area contributed by atoms with Crippen molar-refractivity contribution >= 4 is 78.4 Å². The number of hydrogen-bond acceptors (Lipinski definition) is 18. The molecule has 0 aliphatic rings. The molecule has 0 aliphatic heterocycles. The Morgan fingerprint density at radius 2 is 1.35 bits per heavy atom. The third kappa shape index (κ3) is 7.81. The monoisotopic (exact) mass is 708 g/mol. The first-order valence-electron chi connectivity index (χ1n) is 13.5. The highest BCUT2D eigenvalue weighted by Crippen LogP contribution is 2.48. The van der Waals surface area contributed by atoms with Crippen molar-refractivity contribution in [3.8, 4) is 23.0 Å². The number of phenols is 4. The SMILES string of the molecule is Cc1cc(N)c(O)c(N=Nc2cc(N=Nc3cc(S(=O)(=O)O)cc4cc(SOOO)c(N=Nc5ccc(N)cc5)c(O)c34)c(O)cc2O)c1. The highest BCUT2D eigenvalue weighted by atomic mass is 32.2. The minimum absolute atomic E-state index is 0.00467. The van der Waals surface area contributed by atoms with Crippen LogP contribution < -0.4 is 11.5 Å². The first-order valence-corrected chi connectivity index (χ1v) is 15.6. The Kier molecular flexibility index (Phi) is 9.89. The molecule has 5 aromatic rings. The van der Waals surface area contributed by atoms with Crippen LogP contribution in [0.2, 0.25) is 0 Å². The van der Waals surface area contributed by atoms with E-state index < -0.39 is 32.3 Å². The molecule has 0 bridgehead atoms. The highest BCUT2D eigenvalue weighted by Gasteiger charge is 2.22. The van der Waals surface area contributed by atoms with Gasteiger partial charge in [0.05, 0.1) is 44.3 Å². The van der Waals surface area contributed by atoms with Gasteiger partial charge in [0.1, 0.15) is 34.2 Å². The summed E-state index contributed by atoms with van der Waals surface area (Å²) in [5.74, 6) is -2.06. The number of nitrogen functional groups attached to an aromatic ring is 2. The van der Waals surface area contributed by atoms with Crippen LogP contribution in [0.4, 0.5) is 45.5 Å². The predicted octanol–water partition coefficient (Wildman–Crippen LogP) is 8.06. The van der Waals surface area contributed by atoms with Gasteiger partial charge in [-0.2, -0.15) is 13.5 Å². The Labute approximate surface area is 280 Å². The summed E-state index contributed by atoms with van der Waals surface area (Å²) in [7, 11) is -4.84.